The van der Waals surface area contributed by atoms with Gasteiger partial charge in [0.25, 0.3) is 0 Å². The molecule has 0 fully saturated rings. The summed E-state index contributed by atoms with van der Waals surface area (Å²) in [5, 5.41) is 5.58. The second-order valence-electron chi connectivity index (χ2n) is 5.36. The van der Waals surface area contributed by atoms with Crippen LogP contribution in [0.3, 0.4) is 0 Å². The Morgan fingerprint density at radius 3 is 2.80 bits per heavy atom. The normalized spacial score (nSPS) is 11.4. The van der Waals surface area contributed by atoms with Crippen LogP contribution in [-0.4, -0.2) is 17.1 Å². The minimum atomic E-state index is 0.106. The van der Waals surface area contributed by atoms with Crippen molar-refractivity contribution >= 4 is 22.0 Å². The molecule has 0 amide bonds. The Labute approximate surface area is 124 Å². The van der Waals surface area contributed by atoms with E-state index in [0.29, 0.717) is 5.88 Å². The Hall–Kier alpha value is -1.62. The van der Waals surface area contributed by atoms with Gasteiger partial charge in [-0.3, -0.25) is 0 Å². The number of methoxy groups -OCH3 is 1. The second kappa shape index (κ2) is 5.79. The van der Waals surface area contributed by atoms with Crippen LogP contribution in [0.4, 0.5) is 10.7 Å². The minimum absolute atomic E-state index is 0.106. The molecular formula is C15H21N3OS. The van der Waals surface area contributed by atoms with Crippen molar-refractivity contribution in [3.8, 4) is 5.88 Å². The van der Waals surface area contributed by atoms with Crippen LogP contribution < -0.4 is 10.1 Å². The molecule has 0 atom stereocenters. The van der Waals surface area contributed by atoms with Gasteiger partial charge in [-0.1, -0.05) is 20.8 Å². The average molecular weight is 291 g/mol. The molecule has 5 heteroatoms. The van der Waals surface area contributed by atoms with Crippen molar-refractivity contribution in [3.05, 3.63) is 29.0 Å². The van der Waals surface area contributed by atoms with Crippen LogP contribution in [0.15, 0.2) is 18.3 Å². The summed E-state index contributed by atoms with van der Waals surface area (Å²) in [6.45, 7) is 8.66. The first kappa shape index (κ1) is 14.8. The standard InChI is InChI=1S/C15H21N3OS/c1-6-15(3,4)14-17-10(2)13(20-14)18-11-8-7-9-16-12(11)19-5/h7-9,18H,6H2,1-5H3. The molecule has 0 unspecified atom stereocenters. The van der Waals surface area contributed by atoms with E-state index in [2.05, 4.69) is 31.1 Å². The van der Waals surface area contributed by atoms with E-state index in [1.165, 1.54) is 0 Å². The number of anilines is 2. The fourth-order valence-electron chi connectivity index (χ4n) is 1.72. The molecule has 20 heavy (non-hydrogen) atoms. The lowest BCUT2D eigenvalue weighted by Gasteiger charge is -2.18. The third kappa shape index (κ3) is 2.93. The summed E-state index contributed by atoms with van der Waals surface area (Å²) in [7, 11) is 1.62. The fraction of sp³-hybridized carbons (Fsp3) is 0.467. The van der Waals surface area contributed by atoms with E-state index >= 15 is 0 Å². The zero-order chi connectivity index (χ0) is 14.8. The van der Waals surface area contributed by atoms with Crippen LogP contribution in [0, 0.1) is 6.92 Å². The molecule has 2 aromatic rings. The molecule has 0 aromatic carbocycles. The Balaban J connectivity index is 2.31. The van der Waals surface area contributed by atoms with Gasteiger partial charge in [0.2, 0.25) is 5.88 Å². The average Bonchev–Trinajstić information content (AvgIpc) is 2.81. The minimum Gasteiger partial charge on any atom is -0.480 e. The quantitative estimate of drug-likeness (QED) is 0.893. The molecule has 0 bridgehead atoms. The molecule has 0 aliphatic heterocycles. The van der Waals surface area contributed by atoms with Crippen LogP contribution >= 0.6 is 11.3 Å². The van der Waals surface area contributed by atoms with E-state index in [9.17, 15) is 0 Å². The largest absolute Gasteiger partial charge is 0.480 e. The summed E-state index contributed by atoms with van der Waals surface area (Å²) >= 11 is 1.70. The summed E-state index contributed by atoms with van der Waals surface area (Å²) in [5.74, 6) is 0.594. The highest BCUT2D eigenvalue weighted by atomic mass is 32.1. The van der Waals surface area contributed by atoms with Crippen molar-refractivity contribution < 1.29 is 4.74 Å². The number of nitrogens with zero attached hydrogens (tertiary/aromatic N) is 2. The summed E-state index contributed by atoms with van der Waals surface area (Å²) in [6, 6.07) is 3.84. The number of pyridine rings is 1. The van der Waals surface area contributed by atoms with E-state index in [0.717, 1.165) is 27.8 Å². The predicted molar refractivity (Wildman–Crippen MR) is 84.2 cm³/mol. The Morgan fingerprint density at radius 2 is 2.15 bits per heavy atom. The van der Waals surface area contributed by atoms with Crippen molar-refractivity contribution in [2.75, 3.05) is 12.4 Å². The fourth-order valence-corrected chi connectivity index (χ4v) is 2.87. The summed E-state index contributed by atoms with van der Waals surface area (Å²) in [4.78, 5) is 8.89. The zero-order valence-corrected chi connectivity index (χ0v) is 13.5. The topological polar surface area (TPSA) is 47.0 Å². The lowest BCUT2D eigenvalue weighted by atomic mass is 9.91. The number of nitrogens with one attached hydrogen (secondary N) is 1. The van der Waals surface area contributed by atoms with Gasteiger partial charge in [0.1, 0.15) is 15.7 Å². The molecule has 108 valence electrons. The lowest BCUT2D eigenvalue weighted by Crippen LogP contribution is -2.14. The second-order valence-corrected chi connectivity index (χ2v) is 6.36. The Kier molecular flexibility index (Phi) is 4.28. The van der Waals surface area contributed by atoms with Gasteiger partial charge >= 0.3 is 0 Å². The van der Waals surface area contributed by atoms with Gasteiger partial charge < -0.3 is 10.1 Å². The number of aryl methyl sites for hydroxylation is 1. The summed E-state index contributed by atoms with van der Waals surface area (Å²) in [6.07, 6.45) is 2.78. The van der Waals surface area contributed by atoms with E-state index in [-0.39, 0.29) is 5.41 Å². The van der Waals surface area contributed by atoms with Crippen molar-refractivity contribution in [1.82, 2.24) is 9.97 Å². The molecule has 2 heterocycles. The van der Waals surface area contributed by atoms with Gasteiger partial charge in [-0.2, -0.15) is 0 Å². The Bertz CT molecular complexity index is 593. The van der Waals surface area contributed by atoms with Crippen molar-refractivity contribution in [2.45, 2.75) is 39.5 Å². The summed E-state index contributed by atoms with van der Waals surface area (Å²) < 4.78 is 5.26. The van der Waals surface area contributed by atoms with Gasteiger partial charge in [-0.15, -0.1) is 11.3 Å². The molecule has 2 aromatic heterocycles. The molecule has 0 aliphatic carbocycles. The highest BCUT2D eigenvalue weighted by Gasteiger charge is 2.23. The van der Waals surface area contributed by atoms with Crippen LogP contribution in [-0.2, 0) is 5.41 Å². The van der Waals surface area contributed by atoms with Crippen LogP contribution in [0.5, 0.6) is 5.88 Å². The maximum atomic E-state index is 5.26. The predicted octanol–water partition coefficient (Wildman–Crippen LogP) is 4.29. The Morgan fingerprint density at radius 1 is 1.40 bits per heavy atom. The molecule has 0 aliphatic rings. The maximum Gasteiger partial charge on any atom is 0.237 e. The monoisotopic (exact) mass is 291 g/mol. The smallest absolute Gasteiger partial charge is 0.237 e. The van der Waals surface area contributed by atoms with E-state index in [4.69, 9.17) is 9.72 Å². The highest BCUT2D eigenvalue weighted by molar-refractivity contribution is 7.16. The third-order valence-electron chi connectivity index (χ3n) is 3.47. The number of hydrogen-bond acceptors (Lipinski definition) is 5. The van der Waals surface area contributed by atoms with Crippen LogP contribution in [0.1, 0.15) is 37.9 Å². The van der Waals surface area contributed by atoms with Crippen molar-refractivity contribution in [2.24, 2.45) is 0 Å². The number of thiazole rings is 1. The summed E-state index contributed by atoms with van der Waals surface area (Å²) in [5.41, 5.74) is 1.98. The molecule has 4 nitrogen and oxygen atoms in total. The number of rotatable bonds is 5. The number of hydrogen-bond donors (Lipinski definition) is 1. The molecule has 0 spiro atoms. The van der Waals surface area contributed by atoms with Gasteiger partial charge in [0, 0.05) is 11.6 Å². The molecule has 2 rings (SSSR count). The van der Waals surface area contributed by atoms with Crippen molar-refractivity contribution in [1.29, 1.82) is 0 Å². The molecule has 0 saturated carbocycles. The van der Waals surface area contributed by atoms with Crippen LogP contribution in [0.2, 0.25) is 0 Å². The van der Waals surface area contributed by atoms with Gasteiger partial charge in [-0.25, -0.2) is 9.97 Å². The van der Waals surface area contributed by atoms with E-state index in [1.807, 2.05) is 19.1 Å². The van der Waals surface area contributed by atoms with Crippen molar-refractivity contribution in [3.63, 3.8) is 0 Å². The molecule has 0 radical (unpaired) electrons. The van der Waals surface area contributed by atoms with Gasteiger partial charge in [0.15, 0.2) is 0 Å². The lowest BCUT2D eigenvalue weighted by molar-refractivity contribution is 0.400. The first-order valence-electron chi connectivity index (χ1n) is 6.72. The molecule has 1 N–H and O–H groups in total. The number of aromatic nitrogens is 2. The number of ether oxygens (including phenoxy) is 1. The zero-order valence-electron chi connectivity index (χ0n) is 12.7. The van der Waals surface area contributed by atoms with Gasteiger partial charge in [0.05, 0.1) is 12.8 Å². The molecular weight excluding hydrogens is 270 g/mol. The first-order chi connectivity index (χ1) is 9.47. The van der Waals surface area contributed by atoms with E-state index < -0.39 is 0 Å². The van der Waals surface area contributed by atoms with Gasteiger partial charge in [-0.05, 0) is 25.5 Å². The highest BCUT2D eigenvalue weighted by Crippen LogP contribution is 2.37. The maximum absolute atomic E-state index is 5.26. The molecule has 0 saturated heterocycles. The van der Waals surface area contributed by atoms with E-state index in [1.54, 1.807) is 24.6 Å². The SMILES string of the molecule is CCC(C)(C)c1nc(C)c(Nc2cccnc2OC)s1. The van der Waals surface area contributed by atoms with Crippen LogP contribution in [0.25, 0.3) is 0 Å². The first-order valence-corrected chi connectivity index (χ1v) is 7.53. The third-order valence-corrected chi connectivity index (χ3v) is 4.91.